The predicted molar refractivity (Wildman–Crippen MR) is 62.3 cm³/mol. The van der Waals surface area contributed by atoms with Crippen molar-refractivity contribution in [2.24, 2.45) is 0 Å². The van der Waals surface area contributed by atoms with Gasteiger partial charge in [-0.25, -0.2) is 0 Å². The van der Waals surface area contributed by atoms with E-state index in [2.05, 4.69) is 23.1 Å². The first-order valence-electron chi connectivity index (χ1n) is 5.66. The Kier molecular flexibility index (Phi) is 2.13. The van der Waals surface area contributed by atoms with E-state index in [0.29, 0.717) is 0 Å². The normalized spacial score (nSPS) is 17.2. The van der Waals surface area contributed by atoms with Crippen LogP contribution in [0.3, 0.4) is 0 Å². The van der Waals surface area contributed by atoms with Crippen molar-refractivity contribution in [1.82, 2.24) is 0 Å². The average Bonchev–Trinajstić information content (AvgIpc) is 2.77. The Morgan fingerprint density at radius 3 is 2.73 bits per heavy atom. The summed E-state index contributed by atoms with van der Waals surface area (Å²) in [5, 5.41) is 1.21. The van der Waals surface area contributed by atoms with Gasteiger partial charge in [-0.05, 0) is 43.5 Å². The van der Waals surface area contributed by atoms with Crippen molar-refractivity contribution in [1.29, 1.82) is 0 Å². The van der Waals surface area contributed by atoms with Crippen molar-refractivity contribution in [3.8, 4) is 0 Å². The topological polar surface area (TPSA) is 16.4 Å². The molecule has 3 rings (SSSR count). The first kappa shape index (κ1) is 8.84. The van der Waals surface area contributed by atoms with E-state index in [0.717, 1.165) is 5.58 Å². The zero-order valence-electron chi connectivity index (χ0n) is 8.78. The number of benzene rings is 1. The number of furan rings is 1. The minimum absolute atomic E-state index is 0.982. The van der Waals surface area contributed by atoms with Gasteiger partial charge in [0.05, 0.1) is 6.26 Å². The summed E-state index contributed by atoms with van der Waals surface area (Å²) in [4.78, 5) is 2.47. The molecule has 1 saturated heterocycles. The fourth-order valence-corrected chi connectivity index (χ4v) is 2.30. The Bertz CT molecular complexity index is 454. The highest BCUT2D eigenvalue weighted by Crippen LogP contribution is 2.25. The zero-order valence-corrected chi connectivity index (χ0v) is 8.78. The van der Waals surface area contributed by atoms with Crippen LogP contribution >= 0.6 is 0 Å². The average molecular weight is 201 g/mol. The molecule has 0 unspecified atom stereocenters. The van der Waals surface area contributed by atoms with Gasteiger partial charge in [-0.3, -0.25) is 0 Å². The second kappa shape index (κ2) is 3.61. The summed E-state index contributed by atoms with van der Waals surface area (Å²) in [7, 11) is 0. The molecule has 2 nitrogen and oxygen atoms in total. The van der Waals surface area contributed by atoms with Crippen molar-refractivity contribution >= 4 is 16.7 Å². The molecule has 2 aromatic rings. The lowest BCUT2D eigenvalue weighted by Crippen LogP contribution is -2.29. The van der Waals surface area contributed by atoms with Crippen LogP contribution < -0.4 is 4.90 Å². The summed E-state index contributed by atoms with van der Waals surface area (Å²) in [5.41, 5.74) is 2.32. The largest absolute Gasteiger partial charge is 0.464 e. The molecular formula is C13H15NO. The number of rotatable bonds is 1. The Balaban J connectivity index is 1.95. The Morgan fingerprint density at radius 2 is 1.87 bits per heavy atom. The molecule has 0 aliphatic carbocycles. The Morgan fingerprint density at radius 1 is 1.00 bits per heavy atom. The molecule has 15 heavy (non-hydrogen) atoms. The van der Waals surface area contributed by atoms with E-state index < -0.39 is 0 Å². The summed E-state index contributed by atoms with van der Waals surface area (Å²) in [6.07, 6.45) is 5.78. The maximum absolute atomic E-state index is 5.34. The lowest BCUT2D eigenvalue weighted by atomic mass is 10.1. The van der Waals surface area contributed by atoms with E-state index in [1.165, 1.54) is 43.4 Å². The summed E-state index contributed by atoms with van der Waals surface area (Å²) >= 11 is 0. The molecule has 0 radical (unpaired) electrons. The summed E-state index contributed by atoms with van der Waals surface area (Å²) in [5.74, 6) is 0. The van der Waals surface area contributed by atoms with Crippen molar-refractivity contribution in [3.63, 3.8) is 0 Å². The number of piperidine rings is 1. The number of anilines is 1. The second-order valence-electron chi connectivity index (χ2n) is 4.19. The molecule has 78 valence electrons. The van der Waals surface area contributed by atoms with Crippen molar-refractivity contribution in [2.45, 2.75) is 19.3 Å². The Labute approximate surface area is 89.5 Å². The smallest absolute Gasteiger partial charge is 0.133 e. The predicted octanol–water partition coefficient (Wildman–Crippen LogP) is 3.42. The molecule has 0 atom stereocenters. The monoisotopic (exact) mass is 201 g/mol. The van der Waals surface area contributed by atoms with Crippen LogP contribution in [0.15, 0.2) is 34.9 Å². The summed E-state index contributed by atoms with van der Waals surface area (Å²) in [6.45, 7) is 2.40. The van der Waals surface area contributed by atoms with E-state index in [4.69, 9.17) is 4.42 Å². The first-order chi connectivity index (χ1) is 7.43. The van der Waals surface area contributed by atoms with E-state index in [9.17, 15) is 0 Å². The van der Waals surface area contributed by atoms with Crippen LogP contribution in [0.5, 0.6) is 0 Å². The van der Waals surface area contributed by atoms with Crippen LogP contribution in [0.4, 0.5) is 5.69 Å². The molecule has 0 saturated carbocycles. The number of nitrogens with zero attached hydrogens (tertiary/aromatic N) is 1. The van der Waals surface area contributed by atoms with Crippen molar-refractivity contribution in [3.05, 3.63) is 30.5 Å². The lowest BCUT2D eigenvalue weighted by Gasteiger charge is -2.28. The second-order valence-corrected chi connectivity index (χ2v) is 4.19. The number of fused-ring (bicyclic) bond motifs is 1. The van der Waals surface area contributed by atoms with Gasteiger partial charge in [-0.1, -0.05) is 0 Å². The summed E-state index contributed by atoms with van der Waals surface area (Å²) in [6, 6.07) is 8.49. The molecular weight excluding hydrogens is 186 g/mol. The molecule has 0 bridgehead atoms. The van der Waals surface area contributed by atoms with Gasteiger partial charge >= 0.3 is 0 Å². The van der Waals surface area contributed by atoms with Crippen LogP contribution in [0.25, 0.3) is 11.0 Å². The fraction of sp³-hybridized carbons (Fsp3) is 0.385. The first-order valence-corrected chi connectivity index (χ1v) is 5.66. The molecule has 1 aromatic heterocycles. The van der Waals surface area contributed by atoms with E-state index in [-0.39, 0.29) is 0 Å². The molecule has 1 aromatic carbocycles. The quantitative estimate of drug-likeness (QED) is 0.702. The Hall–Kier alpha value is -1.44. The van der Waals surface area contributed by atoms with E-state index in [1.54, 1.807) is 6.26 Å². The molecule has 2 heterocycles. The standard InChI is InChI=1S/C13H15NO/c1-2-7-14(8-3-1)12-4-5-13-11(10-12)6-9-15-13/h4-6,9-10H,1-3,7-8H2. The molecule has 1 aliphatic heterocycles. The van der Waals surface area contributed by atoms with Gasteiger partial charge in [0.1, 0.15) is 5.58 Å². The van der Waals surface area contributed by atoms with Gasteiger partial charge in [-0.2, -0.15) is 0 Å². The molecule has 1 fully saturated rings. The number of hydrogen-bond donors (Lipinski definition) is 0. The minimum Gasteiger partial charge on any atom is -0.464 e. The van der Waals surface area contributed by atoms with Gasteiger partial charge in [-0.15, -0.1) is 0 Å². The zero-order chi connectivity index (χ0) is 10.1. The number of hydrogen-bond acceptors (Lipinski definition) is 2. The molecule has 1 aliphatic rings. The molecule has 0 spiro atoms. The van der Waals surface area contributed by atoms with Gasteiger partial charge in [0.15, 0.2) is 0 Å². The van der Waals surface area contributed by atoms with Crippen molar-refractivity contribution < 1.29 is 4.42 Å². The maximum atomic E-state index is 5.34. The third kappa shape index (κ3) is 1.60. The van der Waals surface area contributed by atoms with Gasteiger partial charge in [0, 0.05) is 24.2 Å². The van der Waals surface area contributed by atoms with E-state index >= 15 is 0 Å². The van der Waals surface area contributed by atoms with Crippen LogP contribution in [0, 0.1) is 0 Å². The highest BCUT2D eigenvalue weighted by Gasteiger charge is 2.11. The summed E-state index contributed by atoms with van der Waals surface area (Å²) < 4.78 is 5.34. The van der Waals surface area contributed by atoms with Gasteiger partial charge in [0.25, 0.3) is 0 Å². The van der Waals surface area contributed by atoms with Crippen LogP contribution in [-0.4, -0.2) is 13.1 Å². The van der Waals surface area contributed by atoms with Crippen molar-refractivity contribution in [2.75, 3.05) is 18.0 Å². The van der Waals surface area contributed by atoms with Crippen LogP contribution in [0.2, 0.25) is 0 Å². The third-order valence-electron chi connectivity index (χ3n) is 3.16. The SMILES string of the molecule is c1cc2cc(N3CCCCC3)ccc2o1. The minimum atomic E-state index is 0.982. The van der Waals surface area contributed by atoms with Gasteiger partial charge in [0.2, 0.25) is 0 Å². The molecule has 0 amide bonds. The maximum Gasteiger partial charge on any atom is 0.133 e. The third-order valence-corrected chi connectivity index (χ3v) is 3.16. The van der Waals surface area contributed by atoms with Gasteiger partial charge < -0.3 is 9.32 Å². The van der Waals surface area contributed by atoms with Crippen LogP contribution in [0.1, 0.15) is 19.3 Å². The molecule has 0 N–H and O–H groups in total. The lowest BCUT2D eigenvalue weighted by molar-refractivity contribution is 0.578. The fourth-order valence-electron chi connectivity index (χ4n) is 2.30. The van der Waals surface area contributed by atoms with E-state index in [1.807, 2.05) is 6.07 Å². The molecule has 2 heteroatoms. The highest BCUT2D eigenvalue weighted by molar-refractivity contribution is 5.81. The van der Waals surface area contributed by atoms with Crippen LogP contribution in [-0.2, 0) is 0 Å². The highest BCUT2D eigenvalue weighted by atomic mass is 16.3.